The molecule has 0 atom stereocenters. The van der Waals surface area contributed by atoms with Crippen LogP contribution in [0.1, 0.15) is 0 Å². The van der Waals surface area contributed by atoms with Crippen molar-refractivity contribution in [3.8, 4) is 12.1 Å². The van der Waals surface area contributed by atoms with E-state index >= 15 is 0 Å². The molecule has 0 aliphatic heterocycles. The molecule has 0 amide bonds. The van der Waals surface area contributed by atoms with Gasteiger partial charge in [-0.3, -0.25) is 6.42 Å². The van der Waals surface area contributed by atoms with E-state index in [1.54, 1.807) is 6.42 Å². The molecule has 5 rings (SSSR count). The Morgan fingerprint density at radius 1 is 0.558 bits per heavy atom. The van der Waals surface area contributed by atoms with Crippen LogP contribution in [0.2, 0.25) is 0 Å². The van der Waals surface area contributed by atoms with Gasteiger partial charge in [-0.1, -0.05) is 140 Å². The predicted octanol–water partition coefficient (Wildman–Crippen LogP) is 10.3. The van der Waals surface area contributed by atoms with Crippen molar-refractivity contribution < 1.29 is 54.9 Å². The van der Waals surface area contributed by atoms with Crippen LogP contribution in [0.5, 0.6) is 0 Å². The molecule has 0 aromatic heterocycles. The summed E-state index contributed by atoms with van der Waals surface area (Å²) >= 11 is 0. The summed E-state index contributed by atoms with van der Waals surface area (Å²) in [5, 5.41) is 21.2. The largest absolute Gasteiger partial charge is 2.00 e. The van der Waals surface area contributed by atoms with Crippen molar-refractivity contribution in [1.82, 2.24) is 6.15 Å². The van der Waals surface area contributed by atoms with Crippen LogP contribution in [0.25, 0.3) is 0 Å². The summed E-state index contributed by atoms with van der Waals surface area (Å²) in [6, 6.07) is 57.9. The summed E-state index contributed by atoms with van der Waals surface area (Å²) in [4.78, 5) is 0. The molecule has 5 aromatic carbocycles. The summed E-state index contributed by atoms with van der Waals surface area (Å²) in [6.45, 7) is 7.04. The van der Waals surface area contributed by atoms with Gasteiger partial charge in [-0.2, -0.15) is 36.4 Å². The Labute approximate surface area is 318 Å². The number of nitriles is 2. The standard InChI is InChI=1S/C15H13NP.C13H12P.C6H5.C2H2N.2BF4.H3N.Pd/c16-12-7-13-17(14-8-3-1-4-9-14)15-10-5-2-6-11-15;1-14(12-8-4-2-5-9-12)13-10-6-3-7-11-13;1-2-4-6-5-3-1;1-2-3;2*2-1(3,4)5;;/h1-11H,13H2;2-11H,1H2;1-5H;1H2;;;1H3;/q6*-1;;+2. The second kappa shape index (κ2) is 31.6. The van der Waals surface area contributed by atoms with Crippen molar-refractivity contribution in [3.63, 3.8) is 0 Å². The number of hydrogen-bond donors (Lipinski definition) is 1. The molecule has 0 heterocycles. The minimum Gasteiger partial charge on any atom is -0.418 e. The van der Waals surface area contributed by atoms with Crippen molar-refractivity contribution in [2.75, 3.05) is 6.16 Å². The molecule has 0 saturated heterocycles. The van der Waals surface area contributed by atoms with Crippen LogP contribution < -0.4 is 27.4 Å². The summed E-state index contributed by atoms with van der Waals surface area (Å²) in [5.41, 5.74) is 0. The minimum absolute atomic E-state index is 0. The fourth-order valence-corrected chi connectivity index (χ4v) is 6.82. The zero-order chi connectivity index (χ0) is 37.7. The SMILES string of the molecule is F[B-](F)(F)F.F[B-](F)(F)F.N.N#C[CH-]CP(c1ccccc1)c1ccccc1.[CH2-]C#N.[CH2-]P(c1ccccc1)c1ccccc1.[Pd+2].[c-]1ccccc1. The van der Waals surface area contributed by atoms with Crippen molar-refractivity contribution in [2.24, 2.45) is 0 Å². The number of benzene rings is 5. The first kappa shape index (κ1) is 52.2. The molecule has 0 fully saturated rings. The first-order valence-corrected chi connectivity index (χ1v) is 17.4. The Morgan fingerprint density at radius 2 is 0.808 bits per heavy atom. The predicted molar refractivity (Wildman–Crippen MR) is 200 cm³/mol. The molecule has 52 heavy (non-hydrogen) atoms. The van der Waals surface area contributed by atoms with Crippen molar-refractivity contribution in [1.29, 1.82) is 10.5 Å². The zero-order valence-electron chi connectivity index (χ0n) is 27.6. The van der Waals surface area contributed by atoms with Gasteiger partial charge >= 0.3 is 34.9 Å². The van der Waals surface area contributed by atoms with Crippen molar-refractivity contribution >= 4 is 51.6 Å². The molecule has 0 unspecified atom stereocenters. The first-order chi connectivity index (χ1) is 23.7. The Morgan fingerprint density at radius 3 is 1.02 bits per heavy atom. The number of hydrogen-bond acceptors (Lipinski definition) is 3. The van der Waals surface area contributed by atoms with E-state index in [0.29, 0.717) is 0 Å². The maximum atomic E-state index is 9.75. The number of rotatable bonds is 6. The molecule has 0 saturated carbocycles. The summed E-state index contributed by atoms with van der Waals surface area (Å²) in [7, 11) is -12.9. The molecule has 0 radical (unpaired) electrons. The first-order valence-electron chi connectivity index (χ1n) is 14.3. The molecule has 0 spiro atoms. The van der Waals surface area contributed by atoms with E-state index in [-0.39, 0.29) is 26.6 Å². The van der Waals surface area contributed by atoms with Crippen molar-refractivity contribution in [2.45, 2.75) is 0 Å². The molecule has 0 aliphatic rings. The minimum atomic E-state index is -6.00. The van der Waals surface area contributed by atoms with Gasteiger partial charge in [0.15, 0.2) is 0 Å². The fraction of sp³-hybridized carbons (Fsp3) is 0.0278. The Hall–Kier alpha value is -4.13. The number of halogens is 8. The van der Waals surface area contributed by atoms with Crippen LogP contribution in [0.3, 0.4) is 0 Å². The molecule has 5 aromatic rings. The molecular weight excluding hydrogens is 816 g/mol. The van der Waals surface area contributed by atoms with Gasteiger partial charge in [-0.25, -0.2) is 18.4 Å². The molecule has 0 bridgehead atoms. The molecule has 0 aliphatic carbocycles. The normalized spacial score (nSPS) is 9.40. The maximum Gasteiger partial charge on any atom is 2.00 e. The van der Waals surface area contributed by atoms with E-state index in [2.05, 4.69) is 123 Å². The van der Waals surface area contributed by atoms with Crippen LogP contribution in [-0.2, 0) is 20.4 Å². The second-order valence-electron chi connectivity index (χ2n) is 8.94. The summed E-state index contributed by atoms with van der Waals surface area (Å²) in [5.74, 6) is 0. The van der Waals surface area contributed by atoms with E-state index < -0.39 is 30.4 Å². The third-order valence-electron chi connectivity index (χ3n) is 5.24. The van der Waals surface area contributed by atoms with E-state index in [9.17, 15) is 34.5 Å². The average molecular weight is 852 g/mol. The fourth-order valence-electron chi connectivity index (χ4n) is 3.41. The van der Waals surface area contributed by atoms with Crippen LogP contribution in [0.15, 0.2) is 152 Å². The smallest absolute Gasteiger partial charge is 0.418 e. The van der Waals surface area contributed by atoms with Gasteiger partial charge in [0.25, 0.3) is 0 Å². The van der Waals surface area contributed by atoms with Crippen LogP contribution >= 0.6 is 15.8 Å². The Kier molecular flexibility index (Phi) is 31.7. The molecular formula is C36H35B2F8N3P2Pd-4. The molecule has 3 N–H and O–H groups in total. The van der Waals surface area contributed by atoms with Crippen LogP contribution in [0, 0.1) is 48.7 Å². The van der Waals surface area contributed by atoms with Gasteiger partial charge in [0.2, 0.25) is 0 Å². The van der Waals surface area contributed by atoms with Crippen molar-refractivity contribution in [3.05, 3.63) is 178 Å². The van der Waals surface area contributed by atoms with Gasteiger partial charge < -0.3 is 54.3 Å². The van der Waals surface area contributed by atoms with Gasteiger partial charge in [-0.05, 0) is 10.6 Å². The van der Waals surface area contributed by atoms with Crippen LogP contribution in [-0.4, -0.2) is 20.7 Å². The average Bonchev–Trinajstić information content (AvgIpc) is 3.10. The topological polar surface area (TPSA) is 82.6 Å². The molecule has 280 valence electrons. The quantitative estimate of drug-likeness (QED) is 0.0800. The second-order valence-corrected chi connectivity index (χ2v) is 13.1. The van der Waals surface area contributed by atoms with E-state index in [1.807, 2.05) is 54.6 Å². The molecule has 3 nitrogen and oxygen atoms in total. The van der Waals surface area contributed by atoms with Gasteiger partial charge in [0.1, 0.15) is 0 Å². The van der Waals surface area contributed by atoms with Gasteiger partial charge in [0, 0.05) is 0 Å². The monoisotopic (exact) mass is 851 g/mol. The van der Waals surface area contributed by atoms with Crippen LogP contribution in [0.4, 0.5) is 34.5 Å². The zero-order valence-corrected chi connectivity index (χ0v) is 31.0. The summed E-state index contributed by atoms with van der Waals surface area (Å²) in [6.07, 6.45) is 2.52. The van der Waals surface area contributed by atoms with Gasteiger partial charge in [0.05, 0.1) is 0 Å². The Bertz CT molecular complexity index is 1470. The van der Waals surface area contributed by atoms with Gasteiger partial charge in [-0.15, -0.1) is 18.3 Å². The van der Waals surface area contributed by atoms with E-state index in [1.165, 1.54) is 27.3 Å². The van der Waals surface area contributed by atoms with E-state index in [0.717, 1.165) is 6.16 Å². The third-order valence-corrected chi connectivity index (χ3v) is 9.48. The third kappa shape index (κ3) is 31.8. The number of nitrogens with zero attached hydrogens (tertiary/aromatic N) is 2. The summed E-state index contributed by atoms with van der Waals surface area (Å²) < 4.78 is 78.0. The Balaban J connectivity index is -0.000000613. The maximum absolute atomic E-state index is 9.75. The molecule has 16 heteroatoms. The van der Waals surface area contributed by atoms with E-state index in [4.69, 9.17) is 10.5 Å².